The van der Waals surface area contributed by atoms with Gasteiger partial charge in [-0.3, -0.25) is 4.98 Å². The molecular weight excluding hydrogens is 284 g/mol. The number of anilines is 1. The summed E-state index contributed by atoms with van der Waals surface area (Å²) in [5.41, 5.74) is 3.40. The van der Waals surface area contributed by atoms with Crippen LogP contribution in [0.15, 0.2) is 28.2 Å². The van der Waals surface area contributed by atoms with E-state index in [1.807, 2.05) is 19.2 Å². The number of thiophene rings is 1. The van der Waals surface area contributed by atoms with Crippen LogP contribution in [0.1, 0.15) is 16.1 Å². The van der Waals surface area contributed by atoms with E-state index in [0.29, 0.717) is 0 Å². The normalized spacial score (nSPS) is 10.4. The molecule has 0 bridgehead atoms. The molecule has 0 aromatic carbocycles. The van der Waals surface area contributed by atoms with Crippen LogP contribution in [0.4, 0.5) is 5.69 Å². The first-order valence-electron chi connectivity index (χ1n) is 5.06. The molecule has 1 N–H and O–H groups in total. The third kappa shape index (κ3) is 2.83. The number of nitrogens with zero attached hydrogens (tertiary/aromatic N) is 1. The van der Waals surface area contributed by atoms with Crippen molar-refractivity contribution < 1.29 is 0 Å². The Kier molecular flexibility index (Phi) is 3.61. The molecule has 0 radical (unpaired) electrons. The summed E-state index contributed by atoms with van der Waals surface area (Å²) in [6.45, 7) is 4.95. The quantitative estimate of drug-likeness (QED) is 0.921. The van der Waals surface area contributed by atoms with Gasteiger partial charge in [0.25, 0.3) is 0 Å². The molecule has 0 aliphatic heterocycles. The zero-order valence-corrected chi connectivity index (χ0v) is 11.7. The van der Waals surface area contributed by atoms with E-state index in [4.69, 9.17) is 0 Å². The fourth-order valence-corrected chi connectivity index (χ4v) is 2.94. The van der Waals surface area contributed by atoms with Gasteiger partial charge in [0, 0.05) is 17.1 Å². The summed E-state index contributed by atoms with van der Waals surface area (Å²) in [5.74, 6) is 0. The lowest BCUT2D eigenvalue weighted by Crippen LogP contribution is -1.97. The second-order valence-corrected chi connectivity index (χ2v) is 6.17. The largest absolute Gasteiger partial charge is 0.379 e. The molecule has 4 heteroatoms. The van der Waals surface area contributed by atoms with Crippen LogP contribution in [-0.2, 0) is 6.54 Å². The highest BCUT2D eigenvalue weighted by molar-refractivity contribution is 9.11. The van der Waals surface area contributed by atoms with Crippen LogP contribution in [0.2, 0.25) is 0 Å². The van der Waals surface area contributed by atoms with Gasteiger partial charge in [-0.2, -0.15) is 0 Å². The number of aryl methyl sites for hydroxylation is 2. The SMILES string of the molecule is Cc1ccc(NCc2cc(C)c(Br)s2)cn1. The number of rotatable bonds is 3. The third-order valence-corrected chi connectivity index (χ3v) is 4.42. The Morgan fingerprint density at radius 3 is 2.75 bits per heavy atom. The summed E-state index contributed by atoms with van der Waals surface area (Å²) in [6.07, 6.45) is 1.87. The first-order chi connectivity index (χ1) is 7.65. The summed E-state index contributed by atoms with van der Waals surface area (Å²) in [7, 11) is 0. The van der Waals surface area contributed by atoms with Gasteiger partial charge in [0.15, 0.2) is 0 Å². The van der Waals surface area contributed by atoms with Crippen LogP contribution in [0.3, 0.4) is 0 Å². The fraction of sp³-hybridized carbons (Fsp3) is 0.250. The van der Waals surface area contributed by atoms with E-state index in [1.54, 1.807) is 11.3 Å². The Bertz CT molecular complexity index is 457. The van der Waals surface area contributed by atoms with E-state index in [2.05, 4.69) is 45.3 Å². The lowest BCUT2D eigenvalue weighted by atomic mass is 10.3. The third-order valence-electron chi connectivity index (χ3n) is 2.29. The lowest BCUT2D eigenvalue weighted by molar-refractivity contribution is 1.14. The van der Waals surface area contributed by atoms with Crippen molar-refractivity contribution in [3.05, 3.63) is 44.3 Å². The maximum atomic E-state index is 4.25. The molecule has 0 saturated heterocycles. The van der Waals surface area contributed by atoms with Crippen molar-refractivity contribution >= 4 is 33.0 Å². The first-order valence-corrected chi connectivity index (χ1v) is 6.67. The Hall–Kier alpha value is -0.870. The van der Waals surface area contributed by atoms with Crippen LogP contribution in [-0.4, -0.2) is 4.98 Å². The Morgan fingerprint density at radius 1 is 1.38 bits per heavy atom. The minimum atomic E-state index is 0.849. The molecule has 0 atom stereocenters. The molecule has 2 aromatic rings. The standard InChI is InChI=1S/C12H13BrN2S/c1-8-5-11(16-12(8)13)7-15-10-4-3-9(2)14-6-10/h3-6,15H,7H2,1-2H3. The highest BCUT2D eigenvalue weighted by Gasteiger charge is 2.02. The molecule has 84 valence electrons. The molecule has 2 nitrogen and oxygen atoms in total. The monoisotopic (exact) mass is 296 g/mol. The van der Waals surface area contributed by atoms with Gasteiger partial charge < -0.3 is 5.32 Å². The summed E-state index contributed by atoms with van der Waals surface area (Å²) < 4.78 is 1.21. The molecular formula is C12H13BrN2S. The molecule has 0 saturated carbocycles. The Balaban J connectivity index is 1.99. The van der Waals surface area contributed by atoms with E-state index in [-0.39, 0.29) is 0 Å². The van der Waals surface area contributed by atoms with Crippen molar-refractivity contribution in [3.63, 3.8) is 0 Å². The average molecular weight is 297 g/mol. The topological polar surface area (TPSA) is 24.9 Å². The van der Waals surface area contributed by atoms with E-state index >= 15 is 0 Å². The maximum Gasteiger partial charge on any atom is 0.0731 e. The van der Waals surface area contributed by atoms with Crippen LogP contribution in [0, 0.1) is 13.8 Å². The van der Waals surface area contributed by atoms with E-state index < -0.39 is 0 Å². The summed E-state index contributed by atoms with van der Waals surface area (Å²) >= 11 is 5.30. The second-order valence-electron chi connectivity index (χ2n) is 3.71. The highest BCUT2D eigenvalue weighted by Crippen LogP contribution is 2.27. The first kappa shape index (κ1) is 11.6. The summed E-state index contributed by atoms with van der Waals surface area (Å²) in [4.78, 5) is 5.57. The minimum absolute atomic E-state index is 0.849. The van der Waals surface area contributed by atoms with Gasteiger partial charge in [-0.1, -0.05) is 0 Å². The number of aromatic nitrogens is 1. The van der Waals surface area contributed by atoms with Gasteiger partial charge in [0.2, 0.25) is 0 Å². The zero-order valence-electron chi connectivity index (χ0n) is 9.25. The minimum Gasteiger partial charge on any atom is -0.379 e. The smallest absolute Gasteiger partial charge is 0.0731 e. The molecule has 0 unspecified atom stereocenters. The molecule has 2 rings (SSSR count). The maximum absolute atomic E-state index is 4.25. The van der Waals surface area contributed by atoms with E-state index in [0.717, 1.165) is 17.9 Å². The number of nitrogens with one attached hydrogen (secondary N) is 1. The molecule has 0 aliphatic carbocycles. The van der Waals surface area contributed by atoms with Gasteiger partial charge in [0.05, 0.1) is 15.7 Å². The van der Waals surface area contributed by atoms with Crippen molar-refractivity contribution in [2.45, 2.75) is 20.4 Å². The van der Waals surface area contributed by atoms with Crippen LogP contribution >= 0.6 is 27.3 Å². The Labute approximate surface area is 108 Å². The summed E-state index contributed by atoms with van der Waals surface area (Å²) in [6, 6.07) is 6.26. The average Bonchev–Trinajstić information content (AvgIpc) is 2.58. The second kappa shape index (κ2) is 4.97. The van der Waals surface area contributed by atoms with Crippen molar-refractivity contribution in [3.8, 4) is 0 Å². The van der Waals surface area contributed by atoms with Crippen LogP contribution in [0.5, 0.6) is 0 Å². The van der Waals surface area contributed by atoms with Crippen LogP contribution < -0.4 is 5.32 Å². The number of halogens is 1. The fourth-order valence-electron chi connectivity index (χ4n) is 1.37. The summed E-state index contributed by atoms with van der Waals surface area (Å²) in [5, 5.41) is 3.36. The van der Waals surface area contributed by atoms with Crippen molar-refractivity contribution in [1.29, 1.82) is 0 Å². The Morgan fingerprint density at radius 2 is 2.19 bits per heavy atom. The van der Waals surface area contributed by atoms with E-state index in [1.165, 1.54) is 14.2 Å². The van der Waals surface area contributed by atoms with Gasteiger partial charge in [-0.25, -0.2) is 0 Å². The molecule has 0 spiro atoms. The predicted octanol–water partition coefficient (Wildman–Crippen LogP) is 4.13. The highest BCUT2D eigenvalue weighted by atomic mass is 79.9. The van der Waals surface area contributed by atoms with Crippen molar-refractivity contribution in [2.75, 3.05) is 5.32 Å². The lowest BCUT2D eigenvalue weighted by Gasteiger charge is -2.03. The van der Waals surface area contributed by atoms with Gasteiger partial charge in [-0.05, 0) is 53.5 Å². The molecule has 16 heavy (non-hydrogen) atoms. The number of hydrogen-bond donors (Lipinski definition) is 1. The number of hydrogen-bond acceptors (Lipinski definition) is 3. The molecule has 0 amide bonds. The van der Waals surface area contributed by atoms with Gasteiger partial charge in [0.1, 0.15) is 0 Å². The predicted molar refractivity (Wildman–Crippen MR) is 73.1 cm³/mol. The molecule has 0 aliphatic rings. The molecule has 2 aromatic heterocycles. The number of pyridine rings is 1. The van der Waals surface area contributed by atoms with Crippen LogP contribution in [0.25, 0.3) is 0 Å². The van der Waals surface area contributed by atoms with Gasteiger partial charge >= 0.3 is 0 Å². The van der Waals surface area contributed by atoms with Crippen molar-refractivity contribution in [1.82, 2.24) is 4.98 Å². The zero-order chi connectivity index (χ0) is 11.5. The van der Waals surface area contributed by atoms with E-state index in [9.17, 15) is 0 Å². The molecule has 0 fully saturated rings. The molecule has 2 heterocycles. The van der Waals surface area contributed by atoms with Crippen molar-refractivity contribution in [2.24, 2.45) is 0 Å². The van der Waals surface area contributed by atoms with Gasteiger partial charge in [-0.15, -0.1) is 11.3 Å².